The van der Waals surface area contributed by atoms with E-state index in [1.807, 2.05) is 6.92 Å². The summed E-state index contributed by atoms with van der Waals surface area (Å²) < 4.78 is 27.7. The number of aliphatic hydroxyl groups is 1. The molecular formula is C12H13F2N3O. The lowest BCUT2D eigenvalue weighted by molar-refractivity contribution is 0.277. The zero-order valence-electron chi connectivity index (χ0n) is 9.90. The van der Waals surface area contributed by atoms with Crippen LogP contribution in [0.1, 0.15) is 19.0 Å². The SMILES string of the molecule is CCCn1nnc(CO)c1-c1ccc(F)c(F)c1. The number of aromatic nitrogens is 3. The van der Waals surface area contributed by atoms with Gasteiger partial charge in [0.15, 0.2) is 11.6 Å². The topological polar surface area (TPSA) is 50.9 Å². The summed E-state index contributed by atoms with van der Waals surface area (Å²) >= 11 is 0. The van der Waals surface area contributed by atoms with Crippen LogP contribution in [0, 0.1) is 11.6 Å². The van der Waals surface area contributed by atoms with Gasteiger partial charge < -0.3 is 5.11 Å². The maximum atomic E-state index is 13.2. The van der Waals surface area contributed by atoms with Gasteiger partial charge in [-0.25, -0.2) is 13.5 Å². The van der Waals surface area contributed by atoms with Crippen LogP contribution in [0.15, 0.2) is 18.2 Å². The maximum absolute atomic E-state index is 13.2. The molecule has 0 amide bonds. The van der Waals surface area contributed by atoms with Gasteiger partial charge in [0.05, 0.1) is 12.3 Å². The third-order valence-corrected chi connectivity index (χ3v) is 2.58. The van der Waals surface area contributed by atoms with Crippen molar-refractivity contribution in [1.29, 1.82) is 0 Å². The van der Waals surface area contributed by atoms with E-state index in [0.717, 1.165) is 18.6 Å². The van der Waals surface area contributed by atoms with Gasteiger partial charge in [-0.3, -0.25) is 0 Å². The Labute approximate surface area is 103 Å². The number of rotatable bonds is 4. The van der Waals surface area contributed by atoms with Gasteiger partial charge in [0.25, 0.3) is 0 Å². The van der Waals surface area contributed by atoms with Crippen molar-refractivity contribution in [3.8, 4) is 11.3 Å². The van der Waals surface area contributed by atoms with Gasteiger partial charge in [-0.2, -0.15) is 0 Å². The van der Waals surface area contributed by atoms with E-state index in [1.54, 1.807) is 4.68 Å². The van der Waals surface area contributed by atoms with Crippen molar-refractivity contribution in [2.75, 3.05) is 0 Å². The summed E-state index contributed by atoms with van der Waals surface area (Å²) in [6.45, 7) is 2.27. The predicted octanol–water partition coefficient (Wildman–Crippen LogP) is 2.13. The molecule has 0 unspecified atom stereocenters. The van der Waals surface area contributed by atoms with Crippen molar-refractivity contribution < 1.29 is 13.9 Å². The van der Waals surface area contributed by atoms with Crippen molar-refractivity contribution in [1.82, 2.24) is 15.0 Å². The van der Waals surface area contributed by atoms with Gasteiger partial charge in [0.2, 0.25) is 0 Å². The molecule has 0 aliphatic rings. The fourth-order valence-corrected chi connectivity index (χ4v) is 1.78. The number of hydrogen-bond acceptors (Lipinski definition) is 3. The van der Waals surface area contributed by atoms with Crippen LogP contribution in [0.3, 0.4) is 0 Å². The number of benzene rings is 1. The summed E-state index contributed by atoms with van der Waals surface area (Å²) in [7, 11) is 0. The van der Waals surface area contributed by atoms with Crippen LogP contribution in [0.4, 0.5) is 8.78 Å². The Hall–Kier alpha value is -1.82. The molecule has 18 heavy (non-hydrogen) atoms. The lowest BCUT2D eigenvalue weighted by Crippen LogP contribution is -2.03. The normalized spacial score (nSPS) is 10.9. The largest absolute Gasteiger partial charge is 0.390 e. The quantitative estimate of drug-likeness (QED) is 0.908. The molecule has 1 heterocycles. The molecule has 1 aromatic carbocycles. The van der Waals surface area contributed by atoms with E-state index in [0.29, 0.717) is 23.5 Å². The van der Waals surface area contributed by atoms with Crippen molar-refractivity contribution in [3.05, 3.63) is 35.5 Å². The van der Waals surface area contributed by atoms with E-state index in [2.05, 4.69) is 10.3 Å². The van der Waals surface area contributed by atoms with Crippen molar-refractivity contribution >= 4 is 0 Å². The van der Waals surface area contributed by atoms with Crippen LogP contribution in [-0.4, -0.2) is 20.1 Å². The minimum atomic E-state index is -0.930. The standard InChI is InChI=1S/C12H13F2N3O/c1-2-5-17-12(11(7-18)15-16-17)8-3-4-9(13)10(14)6-8/h3-4,6,18H,2,5,7H2,1H3. The molecule has 0 saturated heterocycles. The van der Waals surface area contributed by atoms with Gasteiger partial charge in [-0.1, -0.05) is 12.1 Å². The Bertz CT molecular complexity index is 554. The summed E-state index contributed by atoms with van der Waals surface area (Å²) in [5, 5.41) is 16.9. The molecule has 96 valence electrons. The minimum absolute atomic E-state index is 0.294. The second-order valence-electron chi connectivity index (χ2n) is 3.89. The van der Waals surface area contributed by atoms with Crippen molar-refractivity contribution in [2.24, 2.45) is 0 Å². The van der Waals surface area contributed by atoms with Crippen LogP contribution < -0.4 is 0 Å². The first kappa shape index (κ1) is 12.6. The summed E-state index contributed by atoms with van der Waals surface area (Å²) in [5.74, 6) is -1.83. The minimum Gasteiger partial charge on any atom is -0.390 e. The summed E-state index contributed by atoms with van der Waals surface area (Å²) in [4.78, 5) is 0. The Kier molecular flexibility index (Phi) is 3.66. The molecular weight excluding hydrogens is 240 g/mol. The smallest absolute Gasteiger partial charge is 0.159 e. The van der Waals surface area contributed by atoms with Gasteiger partial charge in [-0.15, -0.1) is 5.10 Å². The number of aryl methyl sites for hydroxylation is 1. The van der Waals surface area contributed by atoms with Crippen LogP contribution in [0.5, 0.6) is 0 Å². The molecule has 0 radical (unpaired) electrons. The van der Waals surface area contributed by atoms with E-state index in [-0.39, 0.29) is 6.61 Å². The maximum Gasteiger partial charge on any atom is 0.159 e. The monoisotopic (exact) mass is 253 g/mol. The van der Waals surface area contributed by atoms with Crippen LogP contribution >= 0.6 is 0 Å². The van der Waals surface area contributed by atoms with E-state index in [4.69, 9.17) is 0 Å². The Morgan fingerprint density at radius 2 is 2.06 bits per heavy atom. The van der Waals surface area contributed by atoms with Crippen molar-refractivity contribution in [2.45, 2.75) is 26.5 Å². The highest BCUT2D eigenvalue weighted by Gasteiger charge is 2.15. The molecule has 4 nitrogen and oxygen atoms in total. The molecule has 2 aromatic rings. The van der Waals surface area contributed by atoms with E-state index in [1.165, 1.54) is 6.07 Å². The summed E-state index contributed by atoms with van der Waals surface area (Å²) in [5.41, 5.74) is 1.34. The molecule has 0 bridgehead atoms. The zero-order valence-corrected chi connectivity index (χ0v) is 9.90. The molecule has 0 saturated carbocycles. The molecule has 2 rings (SSSR count). The van der Waals surface area contributed by atoms with Crippen LogP contribution in [-0.2, 0) is 13.2 Å². The highest BCUT2D eigenvalue weighted by atomic mass is 19.2. The molecule has 0 spiro atoms. The molecule has 0 aliphatic heterocycles. The van der Waals surface area contributed by atoms with E-state index < -0.39 is 11.6 Å². The number of nitrogens with zero attached hydrogens (tertiary/aromatic N) is 3. The second-order valence-corrected chi connectivity index (χ2v) is 3.89. The second kappa shape index (κ2) is 5.22. The number of hydrogen-bond donors (Lipinski definition) is 1. The zero-order chi connectivity index (χ0) is 13.1. The first-order valence-electron chi connectivity index (χ1n) is 5.66. The molecule has 0 fully saturated rings. The number of aliphatic hydroxyl groups excluding tert-OH is 1. The first-order valence-corrected chi connectivity index (χ1v) is 5.66. The highest BCUT2D eigenvalue weighted by molar-refractivity contribution is 5.61. The predicted molar refractivity (Wildman–Crippen MR) is 61.6 cm³/mol. The Balaban J connectivity index is 2.53. The fraction of sp³-hybridized carbons (Fsp3) is 0.333. The molecule has 0 atom stereocenters. The molecule has 1 aromatic heterocycles. The summed E-state index contributed by atoms with van der Waals surface area (Å²) in [6.07, 6.45) is 0.824. The molecule has 1 N–H and O–H groups in total. The van der Waals surface area contributed by atoms with Crippen LogP contribution in [0.2, 0.25) is 0 Å². The lowest BCUT2D eigenvalue weighted by atomic mass is 10.1. The average molecular weight is 253 g/mol. The van der Waals surface area contributed by atoms with Crippen molar-refractivity contribution in [3.63, 3.8) is 0 Å². The van der Waals surface area contributed by atoms with Gasteiger partial charge in [0.1, 0.15) is 5.69 Å². The lowest BCUT2D eigenvalue weighted by Gasteiger charge is -2.07. The third-order valence-electron chi connectivity index (χ3n) is 2.58. The fourth-order valence-electron chi connectivity index (χ4n) is 1.78. The van der Waals surface area contributed by atoms with Gasteiger partial charge in [-0.05, 0) is 24.6 Å². The third kappa shape index (κ3) is 2.24. The average Bonchev–Trinajstić information content (AvgIpc) is 2.76. The number of halogens is 2. The highest BCUT2D eigenvalue weighted by Crippen LogP contribution is 2.24. The molecule has 6 heteroatoms. The van der Waals surface area contributed by atoms with E-state index >= 15 is 0 Å². The van der Waals surface area contributed by atoms with E-state index in [9.17, 15) is 13.9 Å². The Morgan fingerprint density at radius 1 is 1.28 bits per heavy atom. The Morgan fingerprint density at radius 3 is 2.67 bits per heavy atom. The molecule has 0 aliphatic carbocycles. The van der Waals surface area contributed by atoms with Crippen LogP contribution in [0.25, 0.3) is 11.3 Å². The van der Waals surface area contributed by atoms with Gasteiger partial charge in [0, 0.05) is 12.1 Å². The first-order chi connectivity index (χ1) is 8.67. The summed E-state index contributed by atoms with van der Waals surface area (Å²) in [6, 6.07) is 3.58. The van der Waals surface area contributed by atoms with Gasteiger partial charge >= 0.3 is 0 Å².